The minimum atomic E-state index is -1.99. The molecule has 3 fully saturated rings. The van der Waals surface area contributed by atoms with Gasteiger partial charge in [0.15, 0.2) is 12.6 Å². The van der Waals surface area contributed by atoms with Crippen molar-refractivity contribution in [3.8, 4) is 0 Å². The number of carbonyl (C=O) groups excluding carboxylic acids is 2. The van der Waals surface area contributed by atoms with E-state index in [1.807, 2.05) is 25.9 Å². The van der Waals surface area contributed by atoms with Gasteiger partial charge in [0.25, 0.3) is 0 Å². The van der Waals surface area contributed by atoms with E-state index in [0.29, 0.717) is 6.42 Å². The van der Waals surface area contributed by atoms with E-state index in [1.54, 1.807) is 41.5 Å². The molecule has 0 amide bonds. The highest BCUT2D eigenvalue weighted by molar-refractivity contribution is 5.83. The normalized spacial score (nSPS) is 49.7. The molecule has 0 aromatic rings. The minimum absolute atomic E-state index is 0.0936. The molecule has 5 N–H and O–H groups in total. The third-order valence-corrected chi connectivity index (χ3v) is 11.8. The Kier molecular flexibility index (Phi) is 14.7. The van der Waals surface area contributed by atoms with Gasteiger partial charge in [0.2, 0.25) is 0 Å². The van der Waals surface area contributed by atoms with Crippen LogP contribution in [0.25, 0.3) is 0 Å². The molecule has 0 aromatic heterocycles. The highest BCUT2D eigenvalue weighted by Crippen LogP contribution is 2.40. The fourth-order valence-corrected chi connectivity index (χ4v) is 8.41. The number of esters is 1. The van der Waals surface area contributed by atoms with E-state index in [2.05, 4.69) is 0 Å². The van der Waals surface area contributed by atoms with Crippen LogP contribution in [-0.2, 0) is 38.0 Å². The highest BCUT2D eigenvalue weighted by atomic mass is 16.7. The molecule has 0 saturated carbocycles. The van der Waals surface area contributed by atoms with E-state index in [1.165, 1.54) is 27.9 Å². The predicted octanol–water partition coefficient (Wildman–Crippen LogP) is 1.79. The first kappa shape index (κ1) is 44.1. The number of ketones is 1. The van der Waals surface area contributed by atoms with Gasteiger partial charge in [0.05, 0.1) is 47.6 Å². The SMILES string of the molecule is CC[C@@H]1OC(=O)[C@@H](C)[C@H](O[C@H]2C[C@@](C)(OC)[C@@H](O)[C@H](C)O2)[C@@H](C)[C@H](O[C@H]2O[C@@H](C)C[C@@H](N(C)C)[C@@H]2O)[C@@](C)(O)C[C@H](C)C(=O)[C@@H](C)[C@H](O)[C@@]1(C)O. The summed E-state index contributed by atoms with van der Waals surface area (Å²) in [5.74, 6) is -4.98. The summed E-state index contributed by atoms with van der Waals surface area (Å²) in [5, 5.41) is 57.6. The number of hydrogen-bond donors (Lipinski definition) is 5. The van der Waals surface area contributed by atoms with E-state index in [-0.39, 0.29) is 31.4 Å². The van der Waals surface area contributed by atoms with E-state index >= 15 is 0 Å². The molecular formula is C37H67NO13. The number of methoxy groups -OCH3 is 1. The first-order chi connectivity index (χ1) is 23.4. The van der Waals surface area contributed by atoms with E-state index in [4.69, 9.17) is 28.4 Å². The summed E-state index contributed by atoms with van der Waals surface area (Å²) in [4.78, 5) is 29.8. The fraction of sp³-hybridized carbons (Fsp3) is 0.946. The number of aliphatic hydroxyl groups is 5. The van der Waals surface area contributed by atoms with Crippen LogP contribution in [0.4, 0.5) is 0 Å². The lowest BCUT2D eigenvalue weighted by molar-refractivity contribution is -0.318. The van der Waals surface area contributed by atoms with Crippen molar-refractivity contribution in [2.45, 2.75) is 179 Å². The van der Waals surface area contributed by atoms with Gasteiger partial charge in [-0.3, -0.25) is 9.59 Å². The molecule has 3 aliphatic heterocycles. The lowest BCUT2D eigenvalue weighted by Crippen LogP contribution is -2.61. The molecule has 14 nitrogen and oxygen atoms in total. The van der Waals surface area contributed by atoms with Gasteiger partial charge in [0, 0.05) is 37.3 Å². The maximum absolute atomic E-state index is 14.1. The second kappa shape index (κ2) is 17.0. The van der Waals surface area contributed by atoms with Gasteiger partial charge in [0.1, 0.15) is 29.7 Å². The maximum atomic E-state index is 14.1. The molecule has 0 unspecified atom stereocenters. The molecular weight excluding hydrogens is 666 g/mol. The number of rotatable bonds is 7. The molecule has 298 valence electrons. The first-order valence-corrected chi connectivity index (χ1v) is 18.5. The van der Waals surface area contributed by atoms with E-state index in [0.717, 1.165) is 0 Å². The zero-order valence-electron chi connectivity index (χ0n) is 32.9. The summed E-state index contributed by atoms with van der Waals surface area (Å²) >= 11 is 0. The van der Waals surface area contributed by atoms with Crippen LogP contribution in [0.3, 0.4) is 0 Å². The Morgan fingerprint density at radius 3 is 2.04 bits per heavy atom. The average molecular weight is 734 g/mol. The van der Waals surface area contributed by atoms with Gasteiger partial charge < -0.3 is 58.9 Å². The van der Waals surface area contributed by atoms with Crippen molar-refractivity contribution in [3.63, 3.8) is 0 Å². The Balaban J connectivity index is 2.18. The average Bonchev–Trinajstić information content (AvgIpc) is 3.05. The summed E-state index contributed by atoms with van der Waals surface area (Å²) in [6.45, 7) is 16.3. The lowest BCUT2D eigenvalue weighted by Gasteiger charge is -2.49. The number of carbonyl (C=O) groups is 2. The number of ether oxygens (including phenoxy) is 6. The second-order valence-electron chi connectivity index (χ2n) is 16.5. The first-order valence-electron chi connectivity index (χ1n) is 18.5. The summed E-state index contributed by atoms with van der Waals surface area (Å²) in [7, 11) is 5.18. The second-order valence-corrected chi connectivity index (χ2v) is 16.5. The molecule has 3 heterocycles. The quantitative estimate of drug-likeness (QED) is 0.238. The van der Waals surface area contributed by atoms with Crippen LogP contribution in [0.15, 0.2) is 0 Å². The molecule has 0 spiro atoms. The minimum Gasteiger partial charge on any atom is -0.459 e. The number of likely N-dealkylation sites (N-methyl/N-ethyl adjacent to an activating group) is 1. The van der Waals surface area contributed by atoms with Crippen LogP contribution < -0.4 is 0 Å². The van der Waals surface area contributed by atoms with Crippen LogP contribution in [0.1, 0.15) is 94.9 Å². The monoisotopic (exact) mass is 733 g/mol. The molecule has 3 aliphatic rings. The van der Waals surface area contributed by atoms with Crippen molar-refractivity contribution in [3.05, 3.63) is 0 Å². The third kappa shape index (κ3) is 9.51. The summed E-state index contributed by atoms with van der Waals surface area (Å²) in [6, 6.07) is -0.324. The molecule has 0 bridgehead atoms. The summed E-state index contributed by atoms with van der Waals surface area (Å²) in [6.07, 6.45) is -9.71. The molecule has 3 saturated heterocycles. The van der Waals surface area contributed by atoms with Gasteiger partial charge in [-0.2, -0.15) is 0 Å². The largest absolute Gasteiger partial charge is 0.459 e. The van der Waals surface area contributed by atoms with Gasteiger partial charge in [-0.25, -0.2) is 0 Å². The highest BCUT2D eigenvalue weighted by Gasteiger charge is 2.53. The fourth-order valence-electron chi connectivity index (χ4n) is 8.41. The van der Waals surface area contributed by atoms with Gasteiger partial charge in [-0.05, 0) is 74.9 Å². The van der Waals surface area contributed by atoms with Gasteiger partial charge in [-0.1, -0.05) is 27.7 Å². The Morgan fingerprint density at radius 2 is 1.49 bits per heavy atom. The van der Waals surface area contributed by atoms with Crippen molar-refractivity contribution in [2.75, 3.05) is 21.2 Å². The number of nitrogens with zero attached hydrogens (tertiary/aromatic N) is 1. The molecule has 14 heteroatoms. The van der Waals surface area contributed by atoms with Gasteiger partial charge >= 0.3 is 5.97 Å². The standard InChI is InChI=1S/C37H67NO13/c1-14-25-37(10,45)30(41)20(4)27(39)18(2)16-35(8,44)32(51-34-28(40)24(38(11)12)15-19(3)47-34)21(5)29(22(6)33(43)49-25)50-26-17-36(9,46-13)31(42)23(7)48-26/h18-26,28-32,34,40-42,44-45H,14-17H2,1-13H3/t18-,19-,20+,21+,22-,23-,24+,25-,26-,28-,29+,30-,31-,32-,34+,35-,36+,37-/m0/s1. The third-order valence-electron chi connectivity index (χ3n) is 11.8. The van der Waals surface area contributed by atoms with E-state index in [9.17, 15) is 35.1 Å². The Bertz CT molecular complexity index is 1170. The Hall–Kier alpha value is -1.30. The molecule has 51 heavy (non-hydrogen) atoms. The van der Waals surface area contributed by atoms with Crippen LogP contribution in [0, 0.1) is 23.7 Å². The number of aliphatic hydroxyl groups excluding tert-OH is 3. The lowest BCUT2D eigenvalue weighted by atomic mass is 9.74. The maximum Gasteiger partial charge on any atom is 0.311 e. The van der Waals surface area contributed by atoms with Gasteiger partial charge in [-0.15, -0.1) is 0 Å². The van der Waals surface area contributed by atoms with Crippen LogP contribution in [-0.4, -0.2) is 148 Å². The number of Topliss-reactive ketones (excluding diaryl/α,β-unsaturated/α-hetero) is 1. The molecule has 3 rings (SSSR count). The Morgan fingerprint density at radius 1 is 0.882 bits per heavy atom. The van der Waals surface area contributed by atoms with E-state index < -0.39 is 108 Å². The van der Waals surface area contributed by atoms with Crippen molar-refractivity contribution in [1.82, 2.24) is 4.90 Å². The van der Waals surface area contributed by atoms with Crippen LogP contribution >= 0.6 is 0 Å². The van der Waals surface area contributed by atoms with Crippen LogP contribution in [0.2, 0.25) is 0 Å². The van der Waals surface area contributed by atoms with Crippen LogP contribution in [0.5, 0.6) is 0 Å². The van der Waals surface area contributed by atoms with Crippen molar-refractivity contribution < 1.29 is 63.5 Å². The summed E-state index contributed by atoms with van der Waals surface area (Å²) < 4.78 is 37.1. The van der Waals surface area contributed by atoms with Crippen molar-refractivity contribution >= 4 is 11.8 Å². The molecule has 0 aromatic carbocycles. The summed E-state index contributed by atoms with van der Waals surface area (Å²) in [5.41, 5.74) is -4.84. The van der Waals surface area contributed by atoms with Crippen molar-refractivity contribution in [2.24, 2.45) is 23.7 Å². The predicted molar refractivity (Wildman–Crippen MR) is 186 cm³/mol. The zero-order valence-corrected chi connectivity index (χ0v) is 32.9. The Labute approximate surface area is 304 Å². The smallest absolute Gasteiger partial charge is 0.311 e. The van der Waals surface area contributed by atoms with Crippen molar-refractivity contribution in [1.29, 1.82) is 0 Å². The number of cyclic esters (lactones) is 1. The number of hydrogen-bond acceptors (Lipinski definition) is 14. The zero-order chi connectivity index (χ0) is 39.0. The molecule has 0 aliphatic carbocycles. The molecule has 0 radical (unpaired) electrons. The topological polar surface area (TPSA) is 194 Å². The molecule has 18 atom stereocenters.